The fraction of sp³-hybridized carbons (Fsp3) is 0.524. The lowest BCUT2D eigenvalue weighted by atomic mass is 10.0. The maximum atomic E-state index is 12.4. The van der Waals surface area contributed by atoms with Crippen molar-refractivity contribution in [2.45, 2.75) is 38.8 Å². The monoisotopic (exact) mass is 441 g/mol. The van der Waals surface area contributed by atoms with Gasteiger partial charge in [-0.1, -0.05) is 18.1 Å². The molecule has 1 rings (SSSR count). The average Bonchev–Trinajstić information content (AvgIpc) is 2.64. The number of rotatable bonds is 10. The van der Waals surface area contributed by atoms with Crippen molar-refractivity contribution in [3.8, 4) is 12.3 Å². The van der Waals surface area contributed by atoms with Gasteiger partial charge in [0.2, 0.25) is 5.91 Å². The molecule has 0 spiro atoms. The van der Waals surface area contributed by atoms with Gasteiger partial charge < -0.3 is 20.3 Å². The molecule has 1 atom stereocenters. The van der Waals surface area contributed by atoms with Crippen molar-refractivity contribution in [1.29, 1.82) is 0 Å². The first-order chi connectivity index (χ1) is 13.7. The highest BCUT2D eigenvalue weighted by molar-refractivity contribution is 6.18. The molecule has 1 aromatic carbocycles. The molecule has 0 bridgehead atoms. The van der Waals surface area contributed by atoms with E-state index in [0.29, 0.717) is 31.3 Å². The third kappa shape index (κ3) is 9.78. The van der Waals surface area contributed by atoms with E-state index in [0.717, 1.165) is 11.3 Å². The summed E-state index contributed by atoms with van der Waals surface area (Å²) in [7, 11) is 0. The van der Waals surface area contributed by atoms with Crippen LogP contribution in [0.25, 0.3) is 0 Å². The summed E-state index contributed by atoms with van der Waals surface area (Å²) in [6.45, 7) is 6.72. The van der Waals surface area contributed by atoms with Crippen molar-refractivity contribution in [1.82, 2.24) is 10.6 Å². The van der Waals surface area contributed by atoms with Crippen LogP contribution in [0.1, 0.15) is 26.3 Å². The first kappa shape index (κ1) is 24.9. The van der Waals surface area contributed by atoms with Crippen LogP contribution in [0.4, 0.5) is 10.5 Å². The standard InChI is InChI=1S/C21H29Cl2N3O3/c1-5-12-24-19(27)18(25-20(28)29-21(2,3)4)15-16-6-8-17(9-7-16)26(13-10-22)14-11-23/h1,6-9,18H,10-15H2,2-4H3,(H,24,27)(H,25,28)/t18-/m0/s1. The Bertz CT molecular complexity index is 691. The second kappa shape index (κ2) is 12.5. The van der Waals surface area contributed by atoms with E-state index in [1.165, 1.54) is 0 Å². The van der Waals surface area contributed by atoms with Crippen LogP contribution in [0.2, 0.25) is 0 Å². The summed E-state index contributed by atoms with van der Waals surface area (Å²) < 4.78 is 5.26. The molecule has 0 saturated carbocycles. The number of nitrogens with one attached hydrogen (secondary N) is 2. The van der Waals surface area contributed by atoms with E-state index in [-0.39, 0.29) is 12.5 Å². The molecule has 0 unspecified atom stereocenters. The molecule has 29 heavy (non-hydrogen) atoms. The summed E-state index contributed by atoms with van der Waals surface area (Å²) in [6, 6.07) is 6.88. The topological polar surface area (TPSA) is 70.7 Å². The number of hydrogen-bond acceptors (Lipinski definition) is 4. The second-order valence-electron chi connectivity index (χ2n) is 7.36. The molecule has 0 fully saturated rings. The van der Waals surface area contributed by atoms with Gasteiger partial charge in [0.15, 0.2) is 0 Å². The minimum atomic E-state index is -0.814. The van der Waals surface area contributed by atoms with Gasteiger partial charge in [-0.15, -0.1) is 29.6 Å². The number of amides is 2. The lowest BCUT2D eigenvalue weighted by Crippen LogP contribution is -2.49. The van der Waals surface area contributed by atoms with E-state index in [2.05, 4.69) is 21.5 Å². The zero-order valence-corrected chi connectivity index (χ0v) is 18.6. The molecular formula is C21H29Cl2N3O3. The van der Waals surface area contributed by atoms with Gasteiger partial charge in [-0.25, -0.2) is 4.79 Å². The van der Waals surface area contributed by atoms with Crippen molar-refractivity contribution >= 4 is 40.9 Å². The van der Waals surface area contributed by atoms with E-state index < -0.39 is 17.7 Å². The molecule has 160 valence electrons. The third-order valence-electron chi connectivity index (χ3n) is 3.82. The lowest BCUT2D eigenvalue weighted by molar-refractivity contribution is -0.122. The van der Waals surface area contributed by atoms with Crippen LogP contribution >= 0.6 is 23.2 Å². The van der Waals surface area contributed by atoms with Crippen LogP contribution in [0, 0.1) is 12.3 Å². The quantitative estimate of drug-likeness (QED) is 0.432. The van der Waals surface area contributed by atoms with Gasteiger partial charge in [0.25, 0.3) is 0 Å². The minimum absolute atomic E-state index is 0.0794. The van der Waals surface area contributed by atoms with E-state index >= 15 is 0 Å². The molecule has 6 nitrogen and oxygen atoms in total. The Morgan fingerprint density at radius 3 is 2.24 bits per heavy atom. The summed E-state index contributed by atoms with van der Waals surface area (Å²) in [5.41, 5.74) is 1.20. The number of anilines is 1. The van der Waals surface area contributed by atoms with Gasteiger partial charge in [-0.2, -0.15) is 0 Å². The van der Waals surface area contributed by atoms with E-state index in [1.54, 1.807) is 20.8 Å². The van der Waals surface area contributed by atoms with Gasteiger partial charge >= 0.3 is 6.09 Å². The number of nitrogens with zero attached hydrogens (tertiary/aromatic N) is 1. The summed E-state index contributed by atoms with van der Waals surface area (Å²) >= 11 is 11.7. The van der Waals surface area contributed by atoms with E-state index in [9.17, 15) is 9.59 Å². The number of terminal acetylenes is 1. The molecule has 0 radical (unpaired) electrons. The van der Waals surface area contributed by atoms with Gasteiger partial charge in [-0.3, -0.25) is 4.79 Å². The van der Waals surface area contributed by atoms with Crippen molar-refractivity contribution in [3.63, 3.8) is 0 Å². The smallest absolute Gasteiger partial charge is 0.408 e. The fourth-order valence-electron chi connectivity index (χ4n) is 2.57. The van der Waals surface area contributed by atoms with Crippen molar-refractivity contribution < 1.29 is 14.3 Å². The molecule has 2 amide bonds. The van der Waals surface area contributed by atoms with Gasteiger partial charge in [0.1, 0.15) is 11.6 Å². The molecule has 0 saturated heterocycles. The number of hydrogen-bond donors (Lipinski definition) is 2. The van der Waals surface area contributed by atoms with Crippen molar-refractivity contribution in [2.75, 3.05) is 36.3 Å². The van der Waals surface area contributed by atoms with Gasteiger partial charge in [0.05, 0.1) is 6.54 Å². The third-order valence-corrected chi connectivity index (χ3v) is 4.16. The highest BCUT2D eigenvalue weighted by atomic mass is 35.5. The van der Waals surface area contributed by atoms with Gasteiger partial charge in [-0.05, 0) is 38.5 Å². The normalized spacial score (nSPS) is 11.9. The number of alkyl halides is 2. The van der Waals surface area contributed by atoms with Crippen LogP contribution in [0.3, 0.4) is 0 Å². The Balaban J connectivity index is 2.90. The molecular weight excluding hydrogens is 413 g/mol. The summed E-state index contributed by atoms with van der Waals surface area (Å²) in [5, 5.41) is 5.22. The van der Waals surface area contributed by atoms with Crippen LogP contribution in [0.15, 0.2) is 24.3 Å². The van der Waals surface area contributed by atoms with Crippen LogP contribution < -0.4 is 15.5 Å². The number of alkyl carbamates (subject to hydrolysis) is 1. The Morgan fingerprint density at radius 2 is 1.76 bits per heavy atom. The SMILES string of the molecule is C#CCNC(=O)[C@H](Cc1ccc(N(CCCl)CCCl)cc1)NC(=O)OC(C)(C)C. The molecule has 8 heteroatoms. The maximum absolute atomic E-state index is 12.4. The number of benzene rings is 1. The van der Waals surface area contributed by atoms with Crippen LogP contribution in [-0.2, 0) is 16.0 Å². The molecule has 0 heterocycles. The Labute approximate surface area is 183 Å². The molecule has 0 aliphatic heterocycles. The highest BCUT2D eigenvalue weighted by Crippen LogP contribution is 2.17. The second-order valence-corrected chi connectivity index (χ2v) is 8.11. The number of carbonyl (C=O) groups excluding carboxylic acids is 2. The molecule has 2 N–H and O–H groups in total. The summed E-state index contributed by atoms with van der Waals surface area (Å²) in [4.78, 5) is 26.7. The van der Waals surface area contributed by atoms with Gasteiger partial charge in [0, 0.05) is 37.0 Å². The molecule has 1 aromatic rings. The van der Waals surface area contributed by atoms with Crippen molar-refractivity contribution in [2.24, 2.45) is 0 Å². The summed E-state index contributed by atoms with van der Waals surface area (Å²) in [5.74, 6) is 2.97. The van der Waals surface area contributed by atoms with Crippen LogP contribution in [-0.4, -0.2) is 55.0 Å². The Hall–Kier alpha value is -2.10. The minimum Gasteiger partial charge on any atom is -0.444 e. The predicted octanol–water partition coefficient (Wildman–Crippen LogP) is 3.16. The zero-order chi connectivity index (χ0) is 21.9. The highest BCUT2D eigenvalue weighted by Gasteiger charge is 2.24. The fourth-order valence-corrected chi connectivity index (χ4v) is 2.98. The van der Waals surface area contributed by atoms with E-state index in [4.69, 9.17) is 34.4 Å². The lowest BCUT2D eigenvalue weighted by Gasteiger charge is -2.24. The molecule has 0 aliphatic carbocycles. The molecule has 0 aromatic heterocycles. The zero-order valence-electron chi connectivity index (χ0n) is 17.1. The maximum Gasteiger partial charge on any atom is 0.408 e. The number of ether oxygens (including phenoxy) is 1. The molecule has 0 aliphatic rings. The first-order valence-electron chi connectivity index (χ1n) is 9.36. The van der Waals surface area contributed by atoms with E-state index in [1.807, 2.05) is 24.3 Å². The Morgan fingerprint density at radius 1 is 1.17 bits per heavy atom. The largest absolute Gasteiger partial charge is 0.444 e. The Kier molecular flexibility index (Phi) is 10.7. The number of carbonyl (C=O) groups is 2. The van der Waals surface area contributed by atoms with Crippen LogP contribution in [0.5, 0.6) is 0 Å². The predicted molar refractivity (Wildman–Crippen MR) is 119 cm³/mol. The number of halogens is 2. The first-order valence-corrected chi connectivity index (χ1v) is 10.4. The van der Waals surface area contributed by atoms with Crippen molar-refractivity contribution in [3.05, 3.63) is 29.8 Å². The summed E-state index contributed by atoms with van der Waals surface area (Å²) in [6.07, 6.45) is 4.84. The average molecular weight is 442 g/mol.